The second-order valence-corrected chi connectivity index (χ2v) is 4.77. The minimum atomic E-state index is -0.891. The topological polar surface area (TPSA) is 96.9 Å². The fourth-order valence-corrected chi connectivity index (χ4v) is 1.78. The zero-order valence-corrected chi connectivity index (χ0v) is 13.0. The summed E-state index contributed by atoms with van der Waals surface area (Å²) in [6.07, 6.45) is 0.384. The number of benzene rings is 1. The van der Waals surface area contributed by atoms with Gasteiger partial charge < -0.3 is 25.2 Å². The number of carbonyl (C=O) groups excluding carboxylic acids is 1. The van der Waals surface area contributed by atoms with E-state index >= 15 is 0 Å². The third-order valence-corrected chi connectivity index (χ3v) is 2.88. The molecule has 0 heterocycles. The van der Waals surface area contributed by atoms with Crippen LogP contribution in [-0.4, -0.2) is 44.0 Å². The van der Waals surface area contributed by atoms with Gasteiger partial charge >= 0.3 is 12.0 Å². The Kier molecular flexibility index (Phi) is 8.09. The van der Waals surface area contributed by atoms with Crippen LogP contribution in [-0.2, 0) is 9.53 Å². The molecule has 2 amide bonds. The number of urea groups is 1. The Balaban J connectivity index is 2.40. The van der Waals surface area contributed by atoms with Crippen molar-refractivity contribution in [3.8, 4) is 5.75 Å². The maximum atomic E-state index is 11.6. The van der Waals surface area contributed by atoms with Gasteiger partial charge in [0, 0.05) is 25.8 Å². The molecular formula is C14H19ClN2O5. The summed E-state index contributed by atoms with van der Waals surface area (Å²) in [5.41, 5.74) is 0.514. The molecule has 0 aliphatic heterocycles. The lowest BCUT2D eigenvalue weighted by Gasteiger charge is -2.10. The van der Waals surface area contributed by atoms with E-state index in [0.717, 1.165) is 0 Å². The van der Waals surface area contributed by atoms with Gasteiger partial charge in [0.05, 0.1) is 11.6 Å². The molecule has 0 aliphatic rings. The number of amides is 2. The number of anilines is 1. The van der Waals surface area contributed by atoms with Gasteiger partial charge in [-0.3, -0.25) is 4.79 Å². The van der Waals surface area contributed by atoms with Crippen LogP contribution >= 0.6 is 11.6 Å². The normalized spacial score (nSPS) is 10.1. The lowest BCUT2D eigenvalue weighted by molar-refractivity contribution is -0.137. The van der Waals surface area contributed by atoms with Crippen LogP contribution in [0, 0.1) is 0 Å². The second-order valence-electron chi connectivity index (χ2n) is 4.36. The highest BCUT2D eigenvalue weighted by Gasteiger charge is 2.06. The van der Waals surface area contributed by atoms with E-state index in [1.165, 1.54) is 0 Å². The summed E-state index contributed by atoms with van der Waals surface area (Å²) < 4.78 is 10.3. The molecule has 3 N–H and O–H groups in total. The Hall–Kier alpha value is -1.99. The first-order chi connectivity index (χ1) is 10.5. The van der Waals surface area contributed by atoms with Crippen LogP contribution in [0.2, 0.25) is 5.02 Å². The van der Waals surface area contributed by atoms with Crippen LogP contribution in [0.5, 0.6) is 5.75 Å². The van der Waals surface area contributed by atoms with Crippen LogP contribution in [0.3, 0.4) is 0 Å². The third kappa shape index (κ3) is 7.14. The quantitative estimate of drug-likeness (QED) is 0.604. The summed E-state index contributed by atoms with van der Waals surface area (Å²) in [5, 5.41) is 14.0. The van der Waals surface area contributed by atoms with Gasteiger partial charge in [-0.15, -0.1) is 0 Å². The average Bonchev–Trinajstić information content (AvgIpc) is 2.46. The maximum absolute atomic E-state index is 11.6. The zero-order valence-electron chi connectivity index (χ0n) is 12.2. The van der Waals surface area contributed by atoms with Gasteiger partial charge in [0.1, 0.15) is 12.4 Å². The van der Waals surface area contributed by atoms with E-state index in [0.29, 0.717) is 36.1 Å². The number of ether oxygens (including phenoxy) is 2. The number of carboxylic acid groups (broad SMARTS) is 1. The number of hydrogen-bond acceptors (Lipinski definition) is 4. The van der Waals surface area contributed by atoms with Crippen LogP contribution in [0.1, 0.15) is 12.8 Å². The minimum absolute atomic E-state index is 0.0135. The molecule has 1 rings (SSSR count). The molecule has 0 saturated carbocycles. The van der Waals surface area contributed by atoms with Gasteiger partial charge in [-0.05, 0) is 24.6 Å². The van der Waals surface area contributed by atoms with Crippen molar-refractivity contribution in [2.45, 2.75) is 12.8 Å². The van der Waals surface area contributed by atoms with Crippen molar-refractivity contribution < 1.29 is 24.2 Å². The Morgan fingerprint density at radius 1 is 1.32 bits per heavy atom. The number of nitrogens with one attached hydrogen (secondary N) is 2. The molecule has 0 spiro atoms. The molecule has 22 heavy (non-hydrogen) atoms. The van der Waals surface area contributed by atoms with E-state index in [1.54, 1.807) is 25.3 Å². The molecule has 0 saturated heterocycles. The molecule has 1 aromatic rings. The Labute approximate surface area is 133 Å². The molecule has 0 atom stereocenters. The van der Waals surface area contributed by atoms with Crippen molar-refractivity contribution >= 4 is 29.3 Å². The van der Waals surface area contributed by atoms with Crippen molar-refractivity contribution in [1.82, 2.24) is 5.32 Å². The zero-order chi connectivity index (χ0) is 16.4. The van der Waals surface area contributed by atoms with Crippen molar-refractivity contribution in [2.24, 2.45) is 0 Å². The van der Waals surface area contributed by atoms with E-state index in [-0.39, 0.29) is 13.0 Å². The highest BCUT2D eigenvalue weighted by Crippen LogP contribution is 2.27. The first-order valence-electron chi connectivity index (χ1n) is 6.71. The minimum Gasteiger partial charge on any atom is -0.490 e. The van der Waals surface area contributed by atoms with E-state index in [4.69, 9.17) is 26.2 Å². The molecule has 0 unspecified atom stereocenters. The fourth-order valence-electron chi connectivity index (χ4n) is 1.55. The summed E-state index contributed by atoms with van der Waals surface area (Å²) in [5.74, 6) is -0.385. The van der Waals surface area contributed by atoms with Crippen LogP contribution in [0.4, 0.5) is 10.5 Å². The van der Waals surface area contributed by atoms with Crippen molar-refractivity contribution in [3.05, 3.63) is 23.2 Å². The van der Waals surface area contributed by atoms with Gasteiger partial charge in [-0.2, -0.15) is 0 Å². The van der Waals surface area contributed by atoms with Crippen LogP contribution in [0.15, 0.2) is 18.2 Å². The number of rotatable bonds is 9. The molecule has 7 nitrogen and oxygen atoms in total. The van der Waals surface area contributed by atoms with Gasteiger partial charge in [0.2, 0.25) is 0 Å². The molecule has 0 aromatic heterocycles. The highest BCUT2D eigenvalue weighted by molar-refractivity contribution is 6.32. The summed E-state index contributed by atoms with van der Waals surface area (Å²) in [7, 11) is 1.58. The first-order valence-corrected chi connectivity index (χ1v) is 7.08. The van der Waals surface area contributed by atoms with Crippen molar-refractivity contribution in [2.75, 3.05) is 32.2 Å². The van der Waals surface area contributed by atoms with E-state index in [1.807, 2.05) is 0 Å². The molecule has 0 bridgehead atoms. The van der Waals surface area contributed by atoms with E-state index in [2.05, 4.69) is 10.6 Å². The molecule has 0 aliphatic carbocycles. The Morgan fingerprint density at radius 3 is 2.73 bits per heavy atom. The summed E-state index contributed by atoms with van der Waals surface area (Å²) in [6.45, 7) is 1.12. The van der Waals surface area contributed by atoms with Crippen molar-refractivity contribution in [1.29, 1.82) is 0 Å². The van der Waals surface area contributed by atoms with Crippen LogP contribution in [0.25, 0.3) is 0 Å². The second kappa shape index (κ2) is 9.86. The Morgan fingerprint density at radius 2 is 2.09 bits per heavy atom. The van der Waals surface area contributed by atoms with Gasteiger partial charge in [0.25, 0.3) is 0 Å². The monoisotopic (exact) mass is 330 g/mol. The number of methoxy groups -OCH3 is 1. The number of carbonyl (C=O) groups is 2. The molecule has 1 aromatic carbocycles. The maximum Gasteiger partial charge on any atom is 0.319 e. The molecule has 0 fully saturated rings. The highest BCUT2D eigenvalue weighted by atomic mass is 35.5. The van der Waals surface area contributed by atoms with Gasteiger partial charge in [-0.1, -0.05) is 11.6 Å². The number of carboxylic acids is 1. The molecule has 122 valence electrons. The van der Waals surface area contributed by atoms with Crippen molar-refractivity contribution in [3.63, 3.8) is 0 Å². The lowest BCUT2D eigenvalue weighted by atomic mass is 10.3. The summed E-state index contributed by atoms with van der Waals surface area (Å²) in [6, 6.07) is 4.46. The molecular weight excluding hydrogens is 312 g/mol. The third-order valence-electron chi connectivity index (χ3n) is 2.59. The Bertz CT molecular complexity index is 510. The fraction of sp³-hybridized carbons (Fsp3) is 0.429. The predicted octanol–water partition coefficient (Wildman–Crippen LogP) is 2.35. The predicted molar refractivity (Wildman–Crippen MR) is 82.7 cm³/mol. The summed E-state index contributed by atoms with van der Waals surface area (Å²) >= 11 is 6.05. The average molecular weight is 331 g/mol. The molecule has 8 heteroatoms. The van der Waals surface area contributed by atoms with Gasteiger partial charge in [0.15, 0.2) is 0 Å². The van der Waals surface area contributed by atoms with Crippen LogP contribution < -0.4 is 15.4 Å². The standard InChI is InChI=1S/C14H19ClN2O5/c1-21-7-8-22-12-5-4-10(9-11(12)15)17-14(20)16-6-2-3-13(18)19/h4-5,9H,2-3,6-8H2,1H3,(H,18,19)(H2,16,17,20). The molecule has 0 radical (unpaired) electrons. The number of halogens is 1. The van der Waals surface area contributed by atoms with E-state index in [9.17, 15) is 9.59 Å². The first kappa shape index (κ1) is 18.1. The number of aliphatic carboxylic acids is 1. The lowest BCUT2D eigenvalue weighted by Crippen LogP contribution is -2.29. The smallest absolute Gasteiger partial charge is 0.319 e. The largest absolute Gasteiger partial charge is 0.490 e. The number of hydrogen-bond donors (Lipinski definition) is 3. The van der Waals surface area contributed by atoms with Gasteiger partial charge in [-0.25, -0.2) is 4.79 Å². The van der Waals surface area contributed by atoms with E-state index < -0.39 is 12.0 Å². The SMILES string of the molecule is COCCOc1ccc(NC(=O)NCCCC(=O)O)cc1Cl. The summed E-state index contributed by atoms with van der Waals surface area (Å²) in [4.78, 5) is 21.9.